The molecule has 1 aromatic carbocycles. The van der Waals surface area contributed by atoms with Crippen molar-refractivity contribution < 1.29 is 4.74 Å². The molecular formula is C14H20N2O. The summed E-state index contributed by atoms with van der Waals surface area (Å²) in [5, 5.41) is 0. The molecule has 3 heteroatoms. The summed E-state index contributed by atoms with van der Waals surface area (Å²) in [7, 11) is 0. The number of morpholine rings is 1. The lowest BCUT2D eigenvalue weighted by Crippen LogP contribution is -2.58. The molecule has 2 aliphatic rings. The van der Waals surface area contributed by atoms with E-state index in [1.165, 1.54) is 11.1 Å². The number of hydrogen-bond donors (Lipinski definition) is 1. The van der Waals surface area contributed by atoms with Crippen molar-refractivity contribution in [2.75, 3.05) is 32.8 Å². The quantitative estimate of drug-likeness (QED) is 0.820. The van der Waals surface area contributed by atoms with Crippen LogP contribution in [-0.4, -0.2) is 43.3 Å². The highest BCUT2D eigenvalue weighted by Gasteiger charge is 2.41. The normalized spacial score (nSPS) is 23.6. The maximum Gasteiger partial charge on any atom is 0.0594 e. The highest BCUT2D eigenvalue weighted by atomic mass is 16.5. The van der Waals surface area contributed by atoms with Crippen molar-refractivity contribution >= 4 is 0 Å². The minimum Gasteiger partial charge on any atom is -0.379 e. The van der Waals surface area contributed by atoms with Crippen LogP contribution in [0.5, 0.6) is 0 Å². The molecule has 2 N–H and O–H groups in total. The monoisotopic (exact) mass is 232 g/mol. The van der Waals surface area contributed by atoms with Gasteiger partial charge in [0, 0.05) is 25.2 Å². The van der Waals surface area contributed by atoms with Crippen LogP contribution in [0.4, 0.5) is 0 Å². The van der Waals surface area contributed by atoms with Gasteiger partial charge in [-0.25, -0.2) is 0 Å². The van der Waals surface area contributed by atoms with E-state index in [0.29, 0.717) is 0 Å². The van der Waals surface area contributed by atoms with Gasteiger partial charge in [0.25, 0.3) is 0 Å². The first kappa shape index (κ1) is 11.2. The maximum atomic E-state index is 6.10. The van der Waals surface area contributed by atoms with Gasteiger partial charge in [-0.3, -0.25) is 4.90 Å². The van der Waals surface area contributed by atoms with Crippen LogP contribution >= 0.6 is 0 Å². The molecule has 0 unspecified atom stereocenters. The van der Waals surface area contributed by atoms with Gasteiger partial charge in [0.2, 0.25) is 0 Å². The molecule has 1 fully saturated rings. The molecule has 92 valence electrons. The number of fused-ring (bicyclic) bond motifs is 1. The summed E-state index contributed by atoms with van der Waals surface area (Å²) >= 11 is 0. The zero-order chi connectivity index (χ0) is 11.7. The fourth-order valence-electron chi connectivity index (χ4n) is 3.21. The summed E-state index contributed by atoms with van der Waals surface area (Å²) in [5.74, 6) is 0. The Morgan fingerprint density at radius 2 is 1.71 bits per heavy atom. The minimum atomic E-state index is 0.146. The van der Waals surface area contributed by atoms with Gasteiger partial charge in [0.05, 0.1) is 13.2 Å². The van der Waals surface area contributed by atoms with Crippen LogP contribution in [-0.2, 0) is 17.6 Å². The van der Waals surface area contributed by atoms with E-state index in [2.05, 4.69) is 29.2 Å². The fraction of sp³-hybridized carbons (Fsp3) is 0.571. The summed E-state index contributed by atoms with van der Waals surface area (Å²) in [6, 6.07) is 8.75. The van der Waals surface area contributed by atoms with Crippen molar-refractivity contribution in [3.05, 3.63) is 35.4 Å². The molecule has 0 radical (unpaired) electrons. The first-order valence-electron chi connectivity index (χ1n) is 6.44. The lowest BCUT2D eigenvalue weighted by molar-refractivity contribution is -0.0162. The zero-order valence-corrected chi connectivity index (χ0v) is 10.2. The number of nitrogens with two attached hydrogens (primary N) is 1. The van der Waals surface area contributed by atoms with Crippen LogP contribution in [0.15, 0.2) is 24.3 Å². The molecule has 0 atom stereocenters. The van der Waals surface area contributed by atoms with Gasteiger partial charge in [-0.1, -0.05) is 24.3 Å². The predicted molar refractivity (Wildman–Crippen MR) is 68.0 cm³/mol. The number of ether oxygens (including phenoxy) is 1. The number of nitrogens with zero attached hydrogens (tertiary/aromatic N) is 1. The number of hydrogen-bond acceptors (Lipinski definition) is 3. The van der Waals surface area contributed by atoms with Crippen LogP contribution in [0.2, 0.25) is 0 Å². The van der Waals surface area contributed by atoms with Gasteiger partial charge in [-0.05, 0) is 24.0 Å². The second-order valence-electron chi connectivity index (χ2n) is 5.15. The summed E-state index contributed by atoms with van der Waals surface area (Å²) in [6.07, 6.45) is 2.19. The first-order chi connectivity index (χ1) is 8.34. The first-order valence-corrected chi connectivity index (χ1v) is 6.44. The van der Waals surface area contributed by atoms with Crippen molar-refractivity contribution in [1.82, 2.24) is 4.90 Å². The Morgan fingerprint density at radius 1 is 1.12 bits per heavy atom. The van der Waals surface area contributed by atoms with Gasteiger partial charge in [-0.2, -0.15) is 0 Å². The highest BCUT2D eigenvalue weighted by molar-refractivity contribution is 5.36. The Bertz CT molecular complexity index is 374. The molecule has 17 heavy (non-hydrogen) atoms. The van der Waals surface area contributed by atoms with E-state index in [1.54, 1.807) is 0 Å². The Kier molecular flexibility index (Phi) is 2.90. The smallest absolute Gasteiger partial charge is 0.0594 e. The predicted octanol–water partition coefficient (Wildman–Crippen LogP) is 0.815. The van der Waals surface area contributed by atoms with Crippen molar-refractivity contribution in [3.8, 4) is 0 Å². The molecule has 3 rings (SSSR count). The molecule has 0 spiro atoms. The van der Waals surface area contributed by atoms with E-state index in [-0.39, 0.29) is 5.54 Å². The lowest BCUT2D eigenvalue weighted by atomic mass is 9.93. The van der Waals surface area contributed by atoms with Crippen molar-refractivity contribution in [3.63, 3.8) is 0 Å². The van der Waals surface area contributed by atoms with E-state index >= 15 is 0 Å². The van der Waals surface area contributed by atoms with Crippen LogP contribution in [0, 0.1) is 0 Å². The second-order valence-corrected chi connectivity index (χ2v) is 5.15. The molecule has 1 heterocycles. The molecule has 3 nitrogen and oxygen atoms in total. The van der Waals surface area contributed by atoms with E-state index < -0.39 is 0 Å². The van der Waals surface area contributed by atoms with Crippen LogP contribution < -0.4 is 5.73 Å². The van der Waals surface area contributed by atoms with E-state index in [1.807, 2.05) is 0 Å². The third-order valence-electron chi connectivity index (χ3n) is 4.22. The Labute approximate surface area is 103 Å². The standard InChI is InChI=1S/C14H20N2O/c15-11-14(16-5-7-17-8-6-16)9-12-3-1-2-4-13(12)10-14/h1-4H,5-11,15H2. The topological polar surface area (TPSA) is 38.5 Å². The van der Waals surface area contributed by atoms with Gasteiger partial charge in [-0.15, -0.1) is 0 Å². The third-order valence-corrected chi connectivity index (χ3v) is 4.22. The second kappa shape index (κ2) is 4.41. The minimum absolute atomic E-state index is 0.146. The number of benzene rings is 1. The van der Waals surface area contributed by atoms with Gasteiger partial charge >= 0.3 is 0 Å². The molecule has 0 aromatic heterocycles. The largest absolute Gasteiger partial charge is 0.379 e. The molecule has 1 aliphatic carbocycles. The van der Waals surface area contributed by atoms with E-state index in [9.17, 15) is 0 Å². The molecule has 0 amide bonds. The summed E-state index contributed by atoms with van der Waals surface area (Å²) < 4.78 is 5.44. The number of rotatable bonds is 2. The van der Waals surface area contributed by atoms with E-state index in [0.717, 1.165) is 45.7 Å². The third kappa shape index (κ3) is 1.88. The fourth-order valence-corrected chi connectivity index (χ4v) is 3.21. The van der Waals surface area contributed by atoms with Crippen molar-refractivity contribution in [1.29, 1.82) is 0 Å². The molecule has 1 saturated heterocycles. The van der Waals surface area contributed by atoms with Crippen LogP contribution in [0.1, 0.15) is 11.1 Å². The van der Waals surface area contributed by atoms with Crippen molar-refractivity contribution in [2.45, 2.75) is 18.4 Å². The summed E-state index contributed by atoms with van der Waals surface area (Å²) in [4.78, 5) is 2.54. The van der Waals surface area contributed by atoms with Crippen LogP contribution in [0.3, 0.4) is 0 Å². The lowest BCUT2D eigenvalue weighted by Gasteiger charge is -2.42. The average Bonchev–Trinajstić information content (AvgIpc) is 2.79. The van der Waals surface area contributed by atoms with Crippen LogP contribution in [0.25, 0.3) is 0 Å². The molecule has 0 bridgehead atoms. The average molecular weight is 232 g/mol. The van der Waals surface area contributed by atoms with E-state index in [4.69, 9.17) is 10.5 Å². The summed E-state index contributed by atoms with van der Waals surface area (Å²) in [5.41, 5.74) is 9.20. The molecule has 1 aliphatic heterocycles. The molecule has 0 saturated carbocycles. The zero-order valence-electron chi connectivity index (χ0n) is 10.2. The van der Waals surface area contributed by atoms with Gasteiger partial charge in [0.1, 0.15) is 0 Å². The molecule has 1 aromatic rings. The Morgan fingerprint density at radius 3 is 2.24 bits per heavy atom. The van der Waals surface area contributed by atoms with Gasteiger partial charge in [0.15, 0.2) is 0 Å². The SMILES string of the molecule is NCC1(N2CCOCC2)Cc2ccccc2C1. The van der Waals surface area contributed by atoms with Crippen molar-refractivity contribution in [2.24, 2.45) is 5.73 Å². The molecular weight excluding hydrogens is 212 g/mol. The Balaban J connectivity index is 1.86. The summed E-state index contributed by atoms with van der Waals surface area (Å²) in [6.45, 7) is 4.47. The maximum absolute atomic E-state index is 6.10. The van der Waals surface area contributed by atoms with Gasteiger partial charge < -0.3 is 10.5 Å². The highest BCUT2D eigenvalue weighted by Crippen LogP contribution is 2.34. The Hall–Kier alpha value is -0.900.